The lowest BCUT2D eigenvalue weighted by molar-refractivity contribution is 0.0299. The van der Waals surface area contributed by atoms with Crippen molar-refractivity contribution in [1.82, 2.24) is 9.88 Å². The van der Waals surface area contributed by atoms with Gasteiger partial charge >= 0.3 is 0 Å². The van der Waals surface area contributed by atoms with Gasteiger partial charge in [-0.1, -0.05) is 13.8 Å². The number of ether oxygens (including phenoxy) is 1. The van der Waals surface area contributed by atoms with Gasteiger partial charge in [-0.2, -0.15) is 0 Å². The second-order valence-electron chi connectivity index (χ2n) is 3.62. The van der Waals surface area contributed by atoms with Crippen LogP contribution in [0.4, 0.5) is 0 Å². The Kier molecular flexibility index (Phi) is 5.63. The van der Waals surface area contributed by atoms with Crippen LogP contribution in [0.25, 0.3) is 0 Å². The van der Waals surface area contributed by atoms with Crippen LogP contribution in [0.15, 0.2) is 18.3 Å². The molecule has 1 aliphatic heterocycles. The van der Waals surface area contributed by atoms with Crippen LogP contribution in [0.1, 0.15) is 29.9 Å². The summed E-state index contributed by atoms with van der Waals surface area (Å²) in [7, 11) is 0. The molecule has 0 aromatic carbocycles. The van der Waals surface area contributed by atoms with E-state index >= 15 is 0 Å². The molecule has 1 aliphatic rings. The van der Waals surface area contributed by atoms with Gasteiger partial charge in [-0.05, 0) is 24.6 Å². The van der Waals surface area contributed by atoms with E-state index in [4.69, 9.17) is 4.74 Å². The number of aromatic nitrogens is 1. The monoisotopic (exact) mass is 236 g/mol. The van der Waals surface area contributed by atoms with Gasteiger partial charge in [0, 0.05) is 19.3 Å². The molecule has 0 atom stereocenters. The third-order valence-corrected chi connectivity index (χ3v) is 2.43. The first kappa shape index (κ1) is 13.6. The number of morpholine rings is 1. The van der Waals surface area contributed by atoms with E-state index in [9.17, 15) is 4.79 Å². The van der Waals surface area contributed by atoms with E-state index in [1.165, 1.54) is 0 Å². The number of carbonyl (C=O) groups excluding carboxylic acids is 1. The fraction of sp³-hybridized carbons (Fsp3) is 0.538. The number of hydrogen-bond acceptors (Lipinski definition) is 3. The van der Waals surface area contributed by atoms with Crippen LogP contribution < -0.4 is 0 Å². The Morgan fingerprint density at radius 2 is 2.00 bits per heavy atom. The highest BCUT2D eigenvalue weighted by Gasteiger charge is 2.19. The molecule has 4 heteroatoms. The van der Waals surface area contributed by atoms with Crippen molar-refractivity contribution >= 4 is 5.91 Å². The smallest absolute Gasteiger partial charge is 0.272 e. The molecule has 1 saturated heterocycles. The number of amides is 1. The van der Waals surface area contributed by atoms with Crippen LogP contribution in [-0.4, -0.2) is 42.1 Å². The Balaban J connectivity index is 0.000000686. The van der Waals surface area contributed by atoms with E-state index in [0.29, 0.717) is 32.0 Å². The third-order valence-electron chi connectivity index (χ3n) is 2.43. The van der Waals surface area contributed by atoms with Crippen molar-refractivity contribution in [2.75, 3.05) is 26.3 Å². The Hall–Kier alpha value is -1.42. The molecule has 94 valence electrons. The predicted octanol–water partition coefficient (Wildman–Crippen LogP) is 1.89. The fourth-order valence-electron chi connectivity index (χ4n) is 1.58. The summed E-state index contributed by atoms with van der Waals surface area (Å²) >= 11 is 0. The standard InChI is InChI=1S/C11H14N2O2.C2H6/c1-9-2-3-12-10(8-9)11(14)13-4-6-15-7-5-13;1-2/h2-3,8H,4-7H2,1H3;1-2H3. The first-order valence-electron chi connectivity index (χ1n) is 6.07. The van der Waals surface area contributed by atoms with E-state index in [-0.39, 0.29) is 5.91 Å². The third kappa shape index (κ3) is 3.82. The summed E-state index contributed by atoms with van der Waals surface area (Å²) in [4.78, 5) is 17.8. The molecule has 2 heterocycles. The quantitative estimate of drug-likeness (QED) is 0.747. The molecule has 0 radical (unpaired) electrons. The fourth-order valence-corrected chi connectivity index (χ4v) is 1.58. The molecule has 4 nitrogen and oxygen atoms in total. The highest BCUT2D eigenvalue weighted by molar-refractivity contribution is 5.92. The van der Waals surface area contributed by atoms with Gasteiger partial charge in [-0.3, -0.25) is 9.78 Å². The topological polar surface area (TPSA) is 42.4 Å². The lowest BCUT2D eigenvalue weighted by Gasteiger charge is -2.26. The number of nitrogens with zero attached hydrogens (tertiary/aromatic N) is 2. The number of carbonyl (C=O) groups is 1. The summed E-state index contributed by atoms with van der Waals surface area (Å²) in [5, 5.41) is 0. The Labute approximate surface area is 103 Å². The molecular formula is C13H20N2O2. The molecule has 0 saturated carbocycles. The maximum Gasteiger partial charge on any atom is 0.272 e. The van der Waals surface area contributed by atoms with Crippen molar-refractivity contribution in [2.24, 2.45) is 0 Å². The molecule has 1 amide bonds. The molecule has 2 rings (SSSR count). The van der Waals surface area contributed by atoms with E-state index in [1.54, 1.807) is 11.1 Å². The zero-order valence-electron chi connectivity index (χ0n) is 10.8. The molecule has 0 N–H and O–H groups in total. The van der Waals surface area contributed by atoms with Gasteiger partial charge < -0.3 is 9.64 Å². The first-order valence-corrected chi connectivity index (χ1v) is 6.07. The minimum absolute atomic E-state index is 0.00185. The lowest BCUT2D eigenvalue weighted by Crippen LogP contribution is -2.41. The van der Waals surface area contributed by atoms with Crippen LogP contribution in [-0.2, 0) is 4.74 Å². The molecule has 1 aromatic heterocycles. The summed E-state index contributed by atoms with van der Waals surface area (Å²) in [6.07, 6.45) is 1.67. The SMILES string of the molecule is CC.Cc1ccnc(C(=O)N2CCOCC2)c1. The minimum Gasteiger partial charge on any atom is -0.378 e. The molecular weight excluding hydrogens is 216 g/mol. The molecule has 1 fully saturated rings. The molecule has 1 aromatic rings. The number of pyridine rings is 1. The van der Waals surface area contributed by atoms with E-state index in [0.717, 1.165) is 5.56 Å². The van der Waals surface area contributed by atoms with Crippen LogP contribution in [0, 0.1) is 6.92 Å². The van der Waals surface area contributed by atoms with Gasteiger partial charge in [0.05, 0.1) is 13.2 Å². The van der Waals surface area contributed by atoms with Gasteiger partial charge in [0.1, 0.15) is 5.69 Å². The zero-order valence-corrected chi connectivity index (χ0v) is 10.8. The van der Waals surface area contributed by atoms with Gasteiger partial charge in [0.15, 0.2) is 0 Å². The predicted molar refractivity (Wildman–Crippen MR) is 67.0 cm³/mol. The van der Waals surface area contributed by atoms with Crippen molar-refractivity contribution in [2.45, 2.75) is 20.8 Å². The van der Waals surface area contributed by atoms with Crippen LogP contribution >= 0.6 is 0 Å². The van der Waals surface area contributed by atoms with E-state index in [2.05, 4.69) is 4.98 Å². The molecule has 0 aliphatic carbocycles. The maximum atomic E-state index is 12.0. The Morgan fingerprint density at radius 1 is 1.35 bits per heavy atom. The van der Waals surface area contributed by atoms with Crippen molar-refractivity contribution < 1.29 is 9.53 Å². The molecule has 0 unspecified atom stereocenters. The second kappa shape index (κ2) is 7.01. The summed E-state index contributed by atoms with van der Waals surface area (Å²) < 4.78 is 5.20. The average Bonchev–Trinajstić information content (AvgIpc) is 2.41. The van der Waals surface area contributed by atoms with Crippen molar-refractivity contribution in [3.05, 3.63) is 29.6 Å². The maximum absolute atomic E-state index is 12.0. The Morgan fingerprint density at radius 3 is 2.59 bits per heavy atom. The summed E-state index contributed by atoms with van der Waals surface area (Å²) in [5.41, 5.74) is 1.58. The van der Waals surface area contributed by atoms with Gasteiger partial charge in [-0.25, -0.2) is 0 Å². The zero-order chi connectivity index (χ0) is 12.7. The van der Waals surface area contributed by atoms with E-state index in [1.807, 2.05) is 32.9 Å². The molecule has 0 spiro atoms. The van der Waals surface area contributed by atoms with Gasteiger partial charge in [0.25, 0.3) is 5.91 Å². The number of hydrogen-bond donors (Lipinski definition) is 0. The Bertz CT molecular complexity index is 360. The lowest BCUT2D eigenvalue weighted by atomic mass is 10.2. The summed E-state index contributed by atoms with van der Waals surface area (Å²) in [5.74, 6) is 0.00185. The van der Waals surface area contributed by atoms with Gasteiger partial charge in [0.2, 0.25) is 0 Å². The largest absolute Gasteiger partial charge is 0.378 e. The summed E-state index contributed by atoms with van der Waals surface area (Å²) in [6.45, 7) is 8.52. The van der Waals surface area contributed by atoms with Crippen LogP contribution in [0.5, 0.6) is 0 Å². The number of aryl methyl sites for hydroxylation is 1. The normalized spacial score (nSPS) is 14.9. The van der Waals surface area contributed by atoms with Crippen molar-refractivity contribution in [3.8, 4) is 0 Å². The highest BCUT2D eigenvalue weighted by Crippen LogP contribution is 2.06. The molecule has 0 bridgehead atoms. The minimum atomic E-state index is 0.00185. The van der Waals surface area contributed by atoms with Gasteiger partial charge in [-0.15, -0.1) is 0 Å². The average molecular weight is 236 g/mol. The van der Waals surface area contributed by atoms with E-state index < -0.39 is 0 Å². The first-order chi connectivity index (χ1) is 8.27. The van der Waals surface area contributed by atoms with Crippen molar-refractivity contribution in [1.29, 1.82) is 0 Å². The van der Waals surface area contributed by atoms with Crippen molar-refractivity contribution in [3.63, 3.8) is 0 Å². The van der Waals surface area contributed by atoms with Crippen LogP contribution in [0.3, 0.4) is 0 Å². The molecule has 17 heavy (non-hydrogen) atoms. The highest BCUT2D eigenvalue weighted by atomic mass is 16.5. The number of rotatable bonds is 1. The second-order valence-corrected chi connectivity index (χ2v) is 3.62. The van der Waals surface area contributed by atoms with Crippen LogP contribution in [0.2, 0.25) is 0 Å². The summed E-state index contributed by atoms with van der Waals surface area (Å²) in [6, 6.07) is 3.70.